The van der Waals surface area contributed by atoms with Crippen molar-refractivity contribution in [2.45, 2.75) is 0 Å². The predicted molar refractivity (Wildman–Crippen MR) is 137 cm³/mol. The molecule has 2 N–H and O–H groups in total. The van der Waals surface area contributed by atoms with Gasteiger partial charge in [-0.2, -0.15) is 0 Å². The number of carbonyl (C=O) groups excluding carboxylic acids is 4. The molecule has 0 radical (unpaired) electrons. The van der Waals surface area contributed by atoms with Crippen molar-refractivity contribution < 1.29 is 38.9 Å². The van der Waals surface area contributed by atoms with Crippen molar-refractivity contribution in [3.05, 3.63) is 113 Å². The number of amides is 4. The molecule has 10 nitrogen and oxygen atoms in total. The summed E-state index contributed by atoms with van der Waals surface area (Å²) in [6.45, 7) is 0. The van der Waals surface area contributed by atoms with Crippen LogP contribution in [0.2, 0.25) is 0 Å². The Hall–Kier alpha value is -5.77. The van der Waals surface area contributed by atoms with Crippen LogP contribution in [0, 0.1) is 0 Å². The van der Waals surface area contributed by atoms with Gasteiger partial charge in [-0.15, -0.1) is 0 Å². The highest BCUT2D eigenvalue weighted by Crippen LogP contribution is 2.35. The van der Waals surface area contributed by atoms with Gasteiger partial charge in [0.1, 0.15) is 17.2 Å². The number of rotatable bonds is 5. The lowest BCUT2D eigenvalue weighted by atomic mass is 10.1. The van der Waals surface area contributed by atoms with Gasteiger partial charge in [0.15, 0.2) is 0 Å². The maximum Gasteiger partial charge on any atom is 0.335 e. The standard InChI is InChI=1S/C29H16N2O8/c32-18-3-1-2-17(13-18)31-26(34)22-11-9-20(14-24(22)28(31)36)39-19-7-5-16(6-8-19)30-25(33)21-10-4-15(29(37)38)12-23(21)27(30)35/h1-14,32H,(H,37,38). The van der Waals surface area contributed by atoms with E-state index in [1.54, 1.807) is 6.07 Å². The Morgan fingerprint density at radius 2 is 1.15 bits per heavy atom. The number of phenols is 1. The average Bonchev–Trinajstić information content (AvgIpc) is 3.32. The van der Waals surface area contributed by atoms with Gasteiger partial charge in [0, 0.05) is 6.07 Å². The highest BCUT2D eigenvalue weighted by atomic mass is 16.5. The van der Waals surface area contributed by atoms with E-state index in [1.807, 2.05) is 0 Å². The minimum Gasteiger partial charge on any atom is -0.508 e. The van der Waals surface area contributed by atoms with Crippen LogP contribution < -0.4 is 14.5 Å². The quantitative estimate of drug-likeness (QED) is 0.367. The first kappa shape index (κ1) is 23.6. The van der Waals surface area contributed by atoms with Crippen LogP contribution in [0.5, 0.6) is 17.2 Å². The largest absolute Gasteiger partial charge is 0.508 e. The Balaban J connectivity index is 1.22. The van der Waals surface area contributed by atoms with Crippen molar-refractivity contribution in [2.75, 3.05) is 9.80 Å². The first-order valence-corrected chi connectivity index (χ1v) is 11.6. The summed E-state index contributed by atoms with van der Waals surface area (Å²) >= 11 is 0. The van der Waals surface area contributed by atoms with Gasteiger partial charge in [0.05, 0.1) is 39.2 Å². The van der Waals surface area contributed by atoms with E-state index in [0.717, 1.165) is 9.80 Å². The molecule has 0 atom stereocenters. The van der Waals surface area contributed by atoms with Crippen molar-refractivity contribution >= 4 is 41.0 Å². The first-order valence-electron chi connectivity index (χ1n) is 11.6. The lowest BCUT2D eigenvalue weighted by molar-refractivity contribution is 0.0695. The molecule has 4 amide bonds. The van der Waals surface area contributed by atoms with Crippen LogP contribution >= 0.6 is 0 Å². The topological polar surface area (TPSA) is 142 Å². The summed E-state index contributed by atoms with van der Waals surface area (Å²) in [6.07, 6.45) is 0. The highest BCUT2D eigenvalue weighted by molar-refractivity contribution is 6.35. The van der Waals surface area contributed by atoms with Gasteiger partial charge in [-0.3, -0.25) is 19.2 Å². The molecular weight excluding hydrogens is 504 g/mol. The second-order valence-corrected chi connectivity index (χ2v) is 8.78. The molecule has 4 aromatic carbocycles. The number of aromatic hydroxyl groups is 1. The minimum atomic E-state index is -1.21. The number of anilines is 2. The van der Waals surface area contributed by atoms with Crippen LogP contribution in [-0.4, -0.2) is 39.8 Å². The van der Waals surface area contributed by atoms with Crippen molar-refractivity contribution in [3.8, 4) is 17.2 Å². The molecule has 2 aliphatic heterocycles. The van der Waals surface area contributed by atoms with E-state index >= 15 is 0 Å². The monoisotopic (exact) mass is 520 g/mol. The zero-order valence-corrected chi connectivity index (χ0v) is 19.8. The number of carboxylic acids is 1. The molecule has 0 aromatic heterocycles. The number of phenolic OH excluding ortho intramolecular Hbond substituents is 1. The SMILES string of the molecule is O=C(O)c1ccc2c(c1)C(=O)N(c1ccc(Oc3ccc4c(c3)C(=O)N(c3cccc(O)c3)C4=O)cc1)C2=O. The van der Waals surface area contributed by atoms with Gasteiger partial charge in [0.25, 0.3) is 23.6 Å². The third-order valence-corrected chi connectivity index (χ3v) is 6.41. The van der Waals surface area contributed by atoms with Crippen molar-refractivity contribution in [2.24, 2.45) is 0 Å². The number of nitrogens with zero attached hydrogens (tertiary/aromatic N) is 2. The van der Waals surface area contributed by atoms with Crippen molar-refractivity contribution in [3.63, 3.8) is 0 Å². The third-order valence-electron chi connectivity index (χ3n) is 6.41. The van der Waals surface area contributed by atoms with Crippen molar-refractivity contribution in [1.29, 1.82) is 0 Å². The maximum absolute atomic E-state index is 13.0. The van der Waals surface area contributed by atoms with Crippen LogP contribution in [0.3, 0.4) is 0 Å². The second kappa shape index (κ2) is 8.67. The van der Waals surface area contributed by atoms with E-state index in [2.05, 4.69) is 0 Å². The fourth-order valence-electron chi connectivity index (χ4n) is 4.56. The number of imide groups is 2. The Bertz CT molecular complexity index is 1760. The summed E-state index contributed by atoms with van der Waals surface area (Å²) in [7, 11) is 0. The summed E-state index contributed by atoms with van der Waals surface area (Å²) < 4.78 is 5.85. The number of benzene rings is 4. The molecule has 0 aliphatic carbocycles. The predicted octanol–water partition coefficient (Wildman–Crippen LogP) is 4.48. The Morgan fingerprint density at radius 3 is 1.79 bits per heavy atom. The summed E-state index contributed by atoms with van der Waals surface area (Å²) in [5.41, 5.74) is 0.875. The minimum absolute atomic E-state index is 0.0114. The molecule has 10 heteroatoms. The van der Waals surface area contributed by atoms with Crippen LogP contribution in [0.25, 0.3) is 0 Å². The number of hydrogen-bond donors (Lipinski definition) is 2. The summed E-state index contributed by atoms with van der Waals surface area (Å²) in [6, 6.07) is 20.1. The smallest absolute Gasteiger partial charge is 0.335 e. The second-order valence-electron chi connectivity index (χ2n) is 8.78. The molecule has 2 heterocycles. The van der Waals surface area contributed by atoms with Gasteiger partial charge in [-0.25, -0.2) is 14.6 Å². The highest BCUT2D eigenvalue weighted by Gasteiger charge is 2.38. The molecule has 39 heavy (non-hydrogen) atoms. The van der Waals surface area contributed by atoms with Gasteiger partial charge < -0.3 is 14.9 Å². The molecule has 2 aliphatic rings. The van der Waals surface area contributed by atoms with Crippen LogP contribution in [-0.2, 0) is 0 Å². The molecule has 0 fully saturated rings. The normalized spacial score (nSPS) is 14.1. The molecule has 0 saturated heterocycles. The van der Waals surface area contributed by atoms with E-state index < -0.39 is 29.6 Å². The maximum atomic E-state index is 13.0. The van der Waals surface area contributed by atoms with Gasteiger partial charge in [-0.05, 0) is 72.8 Å². The molecule has 190 valence electrons. The summed E-state index contributed by atoms with van der Waals surface area (Å²) in [5.74, 6) is -2.95. The Morgan fingerprint density at radius 1 is 0.590 bits per heavy atom. The zero-order chi connectivity index (χ0) is 27.4. The fraction of sp³-hybridized carbons (Fsp3) is 0. The zero-order valence-electron chi connectivity index (χ0n) is 19.8. The van der Waals surface area contributed by atoms with Gasteiger partial charge in [-0.1, -0.05) is 6.07 Å². The van der Waals surface area contributed by atoms with Gasteiger partial charge >= 0.3 is 5.97 Å². The average molecular weight is 520 g/mol. The van der Waals surface area contributed by atoms with E-state index in [-0.39, 0.29) is 50.7 Å². The molecule has 0 unspecified atom stereocenters. The Labute approximate surface area is 219 Å². The fourth-order valence-corrected chi connectivity index (χ4v) is 4.56. The summed E-state index contributed by atoms with van der Waals surface area (Å²) in [4.78, 5) is 64.7. The first-order chi connectivity index (χ1) is 18.7. The number of carboxylic acid groups (broad SMARTS) is 1. The molecule has 0 spiro atoms. The van der Waals surface area contributed by atoms with E-state index in [1.165, 1.54) is 78.9 Å². The molecule has 4 aromatic rings. The van der Waals surface area contributed by atoms with Crippen LogP contribution in [0.1, 0.15) is 51.8 Å². The third kappa shape index (κ3) is 3.78. The lowest BCUT2D eigenvalue weighted by Gasteiger charge is -2.14. The number of aromatic carboxylic acids is 1. The Kier molecular flexibility index (Phi) is 5.25. The van der Waals surface area contributed by atoms with Crippen LogP contribution in [0.15, 0.2) is 84.9 Å². The van der Waals surface area contributed by atoms with E-state index in [0.29, 0.717) is 5.75 Å². The van der Waals surface area contributed by atoms with Crippen LogP contribution in [0.4, 0.5) is 11.4 Å². The number of fused-ring (bicyclic) bond motifs is 2. The van der Waals surface area contributed by atoms with Crippen molar-refractivity contribution in [1.82, 2.24) is 0 Å². The van der Waals surface area contributed by atoms with Gasteiger partial charge in [0.2, 0.25) is 0 Å². The lowest BCUT2D eigenvalue weighted by Crippen LogP contribution is -2.29. The molecule has 0 bridgehead atoms. The van der Waals surface area contributed by atoms with E-state index in [4.69, 9.17) is 4.74 Å². The molecular formula is C29H16N2O8. The summed E-state index contributed by atoms with van der Waals surface area (Å²) in [5, 5.41) is 18.9. The van der Waals surface area contributed by atoms with E-state index in [9.17, 15) is 34.2 Å². The molecule has 6 rings (SSSR count). The number of hydrogen-bond acceptors (Lipinski definition) is 7. The number of ether oxygens (including phenoxy) is 1. The number of carbonyl (C=O) groups is 5. The molecule has 0 saturated carbocycles.